The van der Waals surface area contributed by atoms with Crippen LogP contribution in [0.1, 0.15) is 23.2 Å². The third kappa shape index (κ3) is 3.20. The summed E-state index contributed by atoms with van der Waals surface area (Å²) in [5, 5.41) is 0. The molecule has 5 nitrogen and oxygen atoms in total. The third-order valence-electron chi connectivity index (χ3n) is 5.16. The van der Waals surface area contributed by atoms with E-state index in [-0.39, 0.29) is 5.91 Å². The maximum absolute atomic E-state index is 13.0. The van der Waals surface area contributed by atoms with Crippen LogP contribution in [0, 0.1) is 0 Å². The van der Waals surface area contributed by atoms with Gasteiger partial charge in [0, 0.05) is 37.1 Å². The van der Waals surface area contributed by atoms with Crippen molar-refractivity contribution in [2.24, 2.45) is 0 Å². The molecule has 26 heavy (non-hydrogen) atoms. The first-order valence-electron chi connectivity index (χ1n) is 9.01. The zero-order valence-corrected chi connectivity index (χ0v) is 14.9. The fraction of sp³-hybridized carbons (Fsp3) is 0.381. The highest BCUT2D eigenvalue weighted by Gasteiger charge is 2.40. The highest BCUT2D eigenvalue weighted by Crippen LogP contribution is 2.34. The summed E-state index contributed by atoms with van der Waals surface area (Å²) in [7, 11) is 1.65. The Hall–Kier alpha value is -2.37. The van der Waals surface area contributed by atoms with Gasteiger partial charge < -0.3 is 19.1 Å². The molecule has 5 heteroatoms. The van der Waals surface area contributed by atoms with E-state index in [1.54, 1.807) is 7.11 Å². The minimum Gasteiger partial charge on any atom is -0.496 e. The summed E-state index contributed by atoms with van der Waals surface area (Å²) >= 11 is 0. The van der Waals surface area contributed by atoms with Crippen LogP contribution in [-0.2, 0) is 9.47 Å². The van der Waals surface area contributed by atoms with E-state index < -0.39 is 5.79 Å². The summed E-state index contributed by atoms with van der Waals surface area (Å²) in [5.74, 6) is 0.335. The normalized spacial score (nSPS) is 18.9. The van der Waals surface area contributed by atoms with Crippen molar-refractivity contribution in [1.82, 2.24) is 4.90 Å². The largest absolute Gasteiger partial charge is 0.496 e. The van der Waals surface area contributed by atoms with Gasteiger partial charge in [-0.2, -0.15) is 0 Å². The SMILES string of the molecule is COc1ccc(C(=O)N2CCC3(CC2)OCCO3)cc1-c1ccccc1. The van der Waals surface area contributed by atoms with Crippen LogP contribution in [0.5, 0.6) is 5.75 Å². The van der Waals surface area contributed by atoms with Crippen LogP contribution in [0.2, 0.25) is 0 Å². The maximum Gasteiger partial charge on any atom is 0.253 e. The summed E-state index contributed by atoms with van der Waals surface area (Å²) in [6, 6.07) is 15.6. The molecule has 2 aliphatic heterocycles. The van der Waals surface area contributed by atoms with Gasteiger partial charge in [-0.25, -0.2) is 0 Å². The molecule has 0 N–H and O–H groups in total. The number of benzene rings is 2. The van der Waals surface area contributed by atoms with Crippen molar-refractivity contribution in [2.75, 3.05) is 33.4 Å². The number of amides is 1. The predicted molar refractivity (Wildman–Crippen MR) is 98.2 cm³/mol. The Bertz CT molecular complexity index is 774. The predicted octanol–water partition coefficient (Wildman–Crippen LogP) is 3.34. The van der Waals surface area contributed by atoms with Crippen molar-refractivity contribution in [3.8, 4) is 16.9 Å². The molecule has 1 spiro atoms. The number of piperidine rings is 1. The van der Waals surface area contributed by atoms with Crippen LogP contribution in [0.4, 0.5) is 0 Å². The topological polar surface area (TPSA) is 48.0 Å². The van der Waals surface area contributed by atoms with Gasteiger partial charge in [0.05, 0.1) is 20.3 Å². The van der Waals surface area contributed by atoms with Gasteiger partial charge in [-0.3, -0.25) is 4.79 Å². The molecule has 0 atom stereocenters. The maximum atomic E-state index is 13.0. The smallest absolute Gasteiger partial charge is 0.253 e. The Morgan fingerprint density at radius 2 is 1.73 bits per heavy atom. The van der Waals surface area contributed by atoms with E-state index in [1.807, 2.05) is 53.4 Å². The number of methoxy groups -OCH3 is 1. The van der Waals surface area contributed by atoms with Crippen LogP contribution in [0.3, 0.4) is 0 Å². The quantitative estimate of drug-likeness (QED) is 0.849. The van der Waals surface area contributed by atoms with Crippen LogP contribution in [-0.4, -0.2) is 50.0 Å². The highest BCUT2D eigenvalue weighted by molar-refractivity contribution is 5.96. The highest BCUT2D eigenvalue weighted by atomic mass is 16.7. The van der Waals surface area contributed by atoms with E-state index in [4.69, 9.17) is 14.2 Å². The molecule has 2 aromatic rings. The van der Waals surface area contributed by atoms with Gasteiger partial charge in [-0.1, -0.05) is 30.3 Å². The van der Waals surface area contributed by atoms with Crippen molar-refractivity contribution < 1.29 is 19.0 Å². The number of carbonyl (C=O) groups excluding carboxylic acids is 1. The van der Waals surface area contributed by atoms with Crippen LogP contribution < -0.4 is 4.74 Å². The molecule has 1 amide bonds. The van der Waals surface area contributed by atoms with Gasteiger partial charge in [0.15, 0.2) is 5.79 Å². The number of likely N-dealkylation sites (tertiary alicyclic amines) is 1. The Labute approximate surface area is 153 Å². The molecule has 2 heterocycles. The zero-order chi connectivity index (χ0) is 18.0. The fourth-order valence-electron chi connectivity index (χ4n) is 3.70. The molecule has 0 aromatic heterocycles. The molecule has 0 saturated carbocycles. The van der Waals surface area contributed by atoms with Crippen LogP contribution >= 0.6 is 0 Å². The third-order valence-corrected chi connectivity index (χ3v) is 5.16. The number of hydrogen-bond acceptors (Lipinski definition) is 4. The Morgan fingerprint density at radius 1 is 1.04 bits per heavy atom. The lowest BCUT2D eigenvalue weighted by atomic mass is 9.99. The molecule has 2 aromatic carbocycles. The van der Waals surface area contributed by atoms with Crippen molar-refractivity contribution in [2.45, 2.75) is 18.6 Å². The Morgan fingerprint density at radius 3 is 2.38 bits per heavy atom. The average Bonchev–Trinajstić information content (AvgIpc) is 3.16. The van der Waals surface area contributed by atoms with Gasteiger partial charge in [-0.15, -0.1) is 0 Å². The molecule has 136 valence electrons. The van der Waals surface area contributed by atoms with E-state index in [2.05, 4.69) is 0 Å². The monoisotopic (exact) mass is 353 g/mol. The zero-order valence-electron chi connectivity index (χ0n) is 14.9. The van der Waals surface area contributed by atoms with E-state index in [9.17, 15) is 4.79 Å². The minimum absolute atomic E-state index is 0.0395. The second kappa shape index (κ2) is 7.09. The minimum atomic E-state index is -0.466. The molecular formula is C21H23NO4. The second-order valence-corrected chi connectivity index (χ2v) is 6.68. The number of rotatable bonds is 3. The van der Waals surface area contributed by atoms with Gasteiger partial charge in [0.25, 0.3) is 5.91 Å². The van der Waals surface area contributed by atoms with Crippen molar-refractivity contribution in [1.29, 1.82) is 0 Å². The first-order valence-corrected chi connectivity index (χ1v) is 9.01. The lowest BCUT2D eigenvalue weighted by Gasteiger charge is -2.37. The van der Waals surface area contributed by atoms with E-state index >= 15 is 0 Å². The number of carbonyl (C=O) groups is 1. The number of hydrogen-bond donors (Lipinski definition) is 0. The van der Waals surface area contributed by atoms with E-state index in [0.717, 1.165) is 29.7 Å². The fourth-order valence-corrected chi connectivity index (χ4v) is 3.70. The molecule has 2 aliphatic rings. The molecule has 0 bridgehead atoms. The number of nitrogens with zero attached hydrogens (tertiary/aromatic N) is 1. The molecule has 0 aliphatic carbocycles. The molecule has 2 saturated heterocycles. The molecule has 0 radical (unpaired) electrons. The summed E-state index contributed by atoms with van der Waals surface area (Å²) in [5.41, 5.74) is 2.63. The number of ether oxygens (including phenoxy) is 3. The standard InChI is InChI=1S/C21H23NO4/c1-24-19-8-7-17(15-18(19)16-5-3-2-4-6-16)20(23)22-11-9-21(10-12-22)25-13-14-26-21/h2-8,15H,9-14H2,1H3. The second-order valence-electron chi connectivity index (χ2n) is 6.68. The van der Waals surface area contributed by atoms with E-state index in [1.165, 1.54) is 0 Å². The van der Waals surface area contributed by atoms with Crippen molar-refractivity contribution in [3.05, 3.63) is 54.1 Å². The first-order chi connectivity index (χ1) is 12.7. The molecule has 0 unspecified atom stereocenters. The van der Waals surface area contributed by atoms with Gasteiger partial charge in [-0.05, 0) is 23.8 Å². The molecule has 2 fully saturated rings. The first kappa shape index (κ1) is 17.1. The summed E-state index contributed by atoms with van der Waals surface area (Å²) in [4.78, 5) is 14.9. The lowest BCUT2D eigenvalue weighted by molar-refractivity contribution is -0.181. The van der Waals surface area contributed by atoms with Crippen molar-refractivity contribution >= 4 is 5.91 Å². The average molecular weight is 353 g/mol. The Balaban J connectivity index is 1.55. The Kier molecular flexibility index (Phi) is 4.66. The van der Waals surface area contributed by atoms with Gasteiger partial charge >= 0.3 is 0 Å². The summed E-state index contributed by atoms with van der Waals surface area (Å²) in [6.45, 7) is 2.58. The van der Waals surface area contributed by atoms with Gasteiger partial charge in [0.1, 0.15) is 5.75 Å². The molecule has 4 rings (SSSR count). The van der Waals surface area contributed by atoms with E-state index in [0.29, 0.717) is 31.9 Å². The molecular weight excluding hydrogens is 330 g/mol. The van der Waals surface area contributed by atoms with Gasteiger partial charge in [0.2, 0.25) is 0 Å². The van der Waals surface area contributed by atoms with Crippen LogP contribution in [0.15, 0.2) is 48.5 Å². The van der Waals surface area contributed by atoms with Crippen LogP contribution in [0.25, 0.3) is 11.1 Å². The lowest BCUT2D eigenvalue weighted by Crippen LogP contribution is -2.47. The van der Waals surface area contributed by atoms with Crippen molar-refractivity contribution in [3.63, 3.8) is 0 Å². The summed E-state index contributed by atoms with van der Waals surface area (Å²) in [6.07, 6.45) is 1.45. The summed E-state index contributed by atoms with van der Waals surface area (Å²) < 4.78 is 17.0.